The van der Waals surface area contributed by atoms with Crippen molar-refractivity contribution in [3.8, 4) is 0 Å². The van der Waals surface area contributed by atoms with Crippen LogP contribution in [0.15, 0.2) is 74.4 Å². The summed E-state index contributed by atoms with van der Waals surface area (Å²) < 4.78 is 1.11. The molecule has 2 aliphatic heterocycles. The molecule has 0 radical (unpaired) electrons. The van der Waals surface area contributed by atoms with Crippen molar-refractivity contribution in [2.75, 3.05) is 0 Å². The SMILES string of the molecule is O=C(N=C1N=C2C=CC(I)=CN2Cc2ccccc21)c1ccc(Cl)cc1Cl. The highest BCUT2D eigenvalue weighted by Gasteiger charge is 2.22. The van der Waals surface area contributed by atoms with Gasteiger partial charge >= 0.3 is 0 Å². The second-order valence-electron chi connectivity index (χ2n) is 5.97. The van der Waals surface area contributed by atoms with Gasteiger partial charge in [0.05, 0.1) is 10.6 Å². The molecule has 4 nitrogen and oxygen atoms in total. The van der Waals surface area contributed by atoms with Crippen molar-refractivity contribution in [2.24, 2.45) is 9.98 Å². The summed E-state index contributed by atoms with van der Waals surface area (Å²) in [4.78, 5) is 23.7. The number of hydrogen-bond acceptors (Lipinski definition) is 2. The van der Waals surface area contributed by atoms with Crippen LogP contribution < -0.4 is 0 Å². The first-order valence-electron chi connectivity index (χ1n) is 8.08. The quantitative estimate of drug-likeness (QED) is 0.469. The minimum absolute atomic E-state index is 0.267. The van der Waals surface area contributed by atoms with E-state index in [9.17, 15) is 4.79 Å². The summed E-state index contributed by atoms with van der Waals surface area (Å²) in [6, 6.07) is 12.5. The maximum absolute atomic E-state index is 12.8. The number of amidine groups is 2. The number of fused-ring (bicyclic) bond motifs is 2. The fourth-order valence-corrected chi connectivity index (χ4v) is 3.87. The molecule has 0 bridgehead atoms. The second kappa shape index (κ2) is 7.58. The second-order valence-corrected chi connectivity index (χ2v) is 8.06. The number of amides is 1. The van der Waals surface area contributed by atoms with Gasteiger partial charge in [-0.2, -0.15) is 4.99 Å². The van der Waals surface area contributed by atoms with Gasteiger partial charge in [0, 0.05) is 26.9 Å². The Morgan fingerprint density at radius 3 is 2.78 bits per heavy atom. The largest absolute Gasteiger partial charge is 0.327 e. The van der Waals surface area contributed by atoms with Gasteiger partial charge in [0.2, 0.25) is 0 Å². The average molecular weight is 508 g/mol. The molecule has 0 spiro atoms. The van der Waals surface area contributed by atoms with Crippen LogP contribution in [-0.2, 0) is 6.54 Å². The van der Waals surface area contributed by atoms with Crippen molar-refractivity contribution in [2.45, 2.75) is 6.54 Å². The fraction of sp³-hybridized carbons (Fsp3) is 0.0500. The third-order valence-corrected chi connectivity index (χ3v) is 5.34. The van der Waals surface area contributed by atoms with Crippen LogP contribution >= 0.6 is 45.8 Å². The molecule has 0 aliphatic carbocycles. The van der Waals surface area contributed by atoms with Gasteiger partial charge in [-0.3, -0.25) is 4.79 Å². The number of hydrogen-bond donors (Lipinski definition) is 0. The van der Waals surface area contributed by atoms with Crippen LogP contribution in [0, 0.1) is 0 Å². The number of nitrogens with zero attached hydrogens (tertiary/aromatic N) is 3. The molecule has 4 rings (SSSR count). The number of rotatable bonds is 1. The van der Waals surface area contributed by atoms with Gasteiger partial charge < -0.3 is 4.90 Å². The first-order valence-corrected chi connectivity index (χ1v) is 9.92. The third kappa shape index (κ3) is 3.85. The zero-order chi connectivity index (χ0) is 19.0. The maximum Gasteiger partial charge on any atom is 0.280 e. The van der Waals surface area contributed by atoms with Crippen LogP contribution in [0.25, 0.3) is 0 Å². The summed E-state index contributed by atoms with van der Waals surface area (Å²) in [6.45, 7) is 0.654. The molecule has 2 aromatic carbocycles. The van der Waals surface area contributed by atoms with Crippen LogP contribution in [0.3, 0.4) is 0 Å². The Kier molecular flexibility index (Phi) is 5.16. The standard InChI is InChI=1S/C20H12Cl2IN3O/c21-13-5-7-16(17(22)9-13)20(27)25-19-15-4-2-1-3-12(15)10-26-11-14(23)6-8-18(26)24-19/h1-9,11H,10H2. The Morgan fingerprint density at radius 2 is 1.96 bits per heavy atom. The van der Waals surface area contributed by atoms with Gasteiger partial charge in [0.1, 0.15) is 5.84 Å². The highest BCUT2D eigenvalue weighted by atomic mass is 127. The number of allylic oxidation sites excluding steroid dienone is 2. The minimum Gasteiger partial charge on any atom is -0.327 e. The minimum atomic E-state index is -0.454. The summed E-state index contributed by atoms with van der Waals surface area (Å²) in [5.41, 5.74) is 2.16. The Balaban J connectivity index is 1.82. The molecule has 27 heavy (non-hydrogen) atoms. The topological polar surface area (TPSA) is 45.0 Å². The van der Waals surface area contributed by atoms with Gasteiger partial charge in [-0.1, -0.05) is 47.5 Å². The first kappa shape index (κ1) is 18.4. The average Bonchev–Trinajstić information content (AvgIpc) is 2.78. The zero-order valence-corrected chi connectivity index (χ0v) is 17.5. The molecule has 1 amide bonds. The molecule has 0 atom stereocenters. The van der Waals surface area contributed by atoms with E-state index in [1.807, 2.05) is 47.5 Å². The Hall–Kier alpha value is -1.96. The highest BCUT2D eigenvalue weighted by molar-refractivity contribution is 14.1. The third-order valence-electron chi connectivity index (χ3n) is 4.15. The van der Waals surface area contributed by atoms with Crippen LogP contribution in [0.5, 0.6) is 0 Å². The molecule has 2 heterocycles. The van der Waals surface area contributed by atoms with E-state index in [1.54, 1.807) is 12.1 Å². The number of aliphatic imine (C=N–C) groups is 2. The molecule has 0 saturated carbocycles. The van der Waals surface area contributed by atoms with Crippen molar-refractivity contribution in [3.63, 3.8) is 0 Å². The van der Waals surface area contributed by atoms with E-state index in [2.05, 4.69) is 32.6 Å². The zero-order valence-electron chi connectivity index (χ0n) is 13.9. The van der Waals surface area contributed by atoms with Gasteiger partial charge in [-0.15, -0.1) is 0 Å². The van der Waals surface area contributed by atoms with E-state index in [-0.39, 0.29) is 5.02 Å². The number of halogens is 3. The summed E-state index contributed by atoms with van der Waals surface area (Å²) in [7, 11) is 0. The van der Waals surface area contributed by atoms with Crippen LogP contribution in [0.1, 0.15) is 21.5 Å². The predicted molar refractivity (Wildman–Crippen MR) is 118 cm³/mol. The smallest absolute Gasteiger partial charge is 0.280 e. The molecule has 7 heteroatoms. The predicted octanol–water partition coefficient (Wildman–Crippen LogP) is 5.64. The van der Waals surface area contributed by atoms with Gasteiger partial charge in [-0.05, 0) is 58.5 Å². The lowest BCUT2D eigenvalue weighted by Gasteiger charge is -2.21. The Bertz CT molecular complexity index is 1070. The lowest BCUT2D eigenvalue weighted by molar-refractivity contribution is 0.100. The van der Waals surface area contributed by atoms with E-state index in [0.29, 0.717) is 23.0 Å². The van der Waals surface area contributed by atoms with E-state index in [0.717, 1.165) is 20.5 Å². The molecule has 0 unspecified atom stereocenters. The van der Waals surface area contributed by atoms with Gasteiger partial charge in [0.25, 0.3) is 5.91 Å². The van der Waals surface area contributed by atoms with Crippen LogP contribution in [-0.4, -0.2) is 22.5 Å². The molecule has 2 aromatic rings. The molecule has 0 aromatic heterocycles. The summed E-state index contributed by atoms with van der Waals surface area (Å²) in [6.07, 6.45) is 5.92. The van der Waals surface area contributed by atoms with Crippen molar-refractivity contribution in [1.82, 2.24) is 4.90 Å². The number of carbonyl (C=O) groups is 1. The lowest BCUT2D eigenvalue weighted by atomic mass is 10.1. The molecule has 0 N–H and O–H groups in total. The van der Waals surface area contributed by atoms with Gasteiger partial charge in [-0.25, -0.2) is 4.99 Å². The molecule has 0 saturated heterocycles. The van der Waals surface area contributed by atoms with Crippen molar-refractivity contribution >= 4 is 63.4 Å². The van der Waals surface area contributed by atoms with Crippen molar-refractivity contribution in [3.05, 3.63) is 91.1 Å². The van der Waals surface area contributed by atoms with E-state index < -0.39 is 5.91 Å². The summed E-state index contributed by atoms with van der Waals surface area (Å²) >= 11 is 14.3. The first-order chi connectivity index (χ1) is 13.0. The molecular formula is C20H12Cl2IN3O. The van der Waals surface area contributed by atoms with Crippen LogP contribution in [0.2, 0.25) is 10.0 Å². The Labute approximate surface area is 180 Å². The number of benzene rings is 2. The van der Waals surface area contributed by atoms with Gasteiger partial charge in [0.15, 0.2) is 5.84 Å². The summed E-state index contributed by atoms with van der Waals surface area (Å²) in [5, 5.41) is 0.733. The molecule has 2 aliphatic rings. The van der Waals surface area contributed by atoms with Crippen molar-refractivity contribution in [1.29, 1.82) is 0 Å². The van der Waals surface area contributed by atoms with E-state index >= 15 is 0 Å². The molecule has 134 valence electrons. The lowest BCUT2D eigenvalue weighted by Crippen LogP contribution is -2.24. The highest BCUT2D eigenvalue weighted by Crippen LogP contribution is 2.25. The van der Waals surface area contributed by atoms with E-state index in [4.69, 9.17) is 23.2 Å². The van der Waals surface area contributed by atoms with Crippen LogP contribution in [0.4, 0.5) is 0 Å². The number of carbonyl (C=O) groups excluding carboxylic acids is 1. The fourth-order valence-electron chi connectivity index (χ4n) is 2.87. The summed E-state index contributed by atoms with van der Waals surface area (Å²) in [5.74, 6) is 0.652. The van der Waals surface area contributed by atoms with Crippen molar-refractivity contribution < 1.29 is 4.79 Å². The molecule has 0 fully saturated rings. The normalized spacial score (nSPS) is 17.0. The molecular weight excluding hydrogens is 496 g/mol. The Morgan fingerprint density at radius 1 is 1.15 bits per heavy atom. The van der Waals surface area contributed by atoms with E-state index in [1.165, 1.54) is 6.07 Å². The monoisotopic (exact) mass is 507 g/mol. The maximum atomic E-state index is 12.8.